The van der Waals surface area contributed by atoms with E-state index in [9.17, 15) is 0 Å². The van der Waals surface area contributed by atoms with Gasteiger partial charge in [0.05, 0.1) is 11.2 Å². The first-order chi connectivity index (χ1) is 17.8. The molecule has 0 radical (unpaired) electrons. The lowest BCUT2D eigenvalue weighted by Gasteiger charge is -2.32. The summed E-state index contributed by atoms with van der Waals surface area (Å²) in [7, 11) is -0.369. The lowest BCUT2D eigenvalue weighted by Crippen LogP contribution is -2.41. The molecular weight excluding hydrogens is 451 g/mol. The number of fused-ring (bicyclic) bond motifs is 1. The van der Waals surface area contributed by atoms with E-state index in [1.807, 2.05) is 0 Å². The van der Waals surface area contributed by atoms with E-state index >= 15 is 0 Å². The first kappa shape index (κ1) is 23.7. The Labute approximate surface area is 220 Å². The zero-order valence-corrected chi connectivity index (χ0v) is 21.9. The second-order valence-corrected chi connectivity index (χ2v) is 10.9. The Hall–Kier alpha value is -3.66. The third kappa shape index (κ3) is 4.50. The van der Waals surface area contributed by atoms with Crippen LogP contribution in [0.2, 0.25) is 0 Å². The molecule has 2 nitrogen and oxygen atoms in total. The van der Waals surface area contributed by atoms with Gasteiger partial charge in [0.2, 0.25) is 0 Å². The molecule has 5 aromatic rings. The average molecular weight is 482 g/mol. The number of rotatable bonds is 4. The van der Waals surface area contributed by atoms with Crippen LogP contribution in [0.1, 0.15) is 27.7 Å². The van der Waals surface area contributed by atoms with Gasteiger partial charge in [0.25, 0.3) is 0 Å². The molecule has 0 amide bonds. The summed E-state index contributed by atoms with van der Waals surface area (Å²) in [4.78, 5) is 0. The zero-order chi connectivity index (χ0) is 25.6. The molecule has 0 N–H and O–H groups in total. The van der Waals surface area contributed by atoms with Gasteiger partial charge >= 0.3 is 7.12 Å². The van der Waals surface area contributed by atoms with Crippen LogP contribution in [0.25, 0.3) is 44.2 Å². The molecule has 182 valence electrons. The molecular formula is C34H31BO2. The van der Waals surface area contributed by atoms with Crippen LogP contribution in [-0.4, -0.2) is 18.3 Å². The molecule has 6 rings (SSSR count). The normalized spacial score (nSPS) is 16.3. The monoisotopic (exact) mass is 482 g/mol. The summed E-state index contributed by atoms with van der Waals surface area (Å²) >= 11 is 0. The lowest BCUT2D eigenvalue weighted by atomic mass is 9.78. The van der Waals surface area contributed by atoms with Crippen molar-refractivity contribution in [2.75, 3.05) is 0 Å². The summed E-state index contributed by atoms with van der Waals surface area (Å²) in [5.41, 5.74) is 7.50. The van der Waals surface area contributed by atoms with Crippen molar-refractivity contribution in [2.24, 2.45) is 0 Å². The minimum atomic E-state index is -0.369. The van der Waals surface area contributed by atoms with Gasteiger partial charge < -0.3 is 9.31 Å². The number of hydrogen-bond donors (Lipinski definition) is 0. The maximum absolute atomic E-state index is 6.29. The van der Waals surface area contributed by atoms with Crippen molar-refractivity contribution in [1.82, 2.24) is 0 Å². The molecule has 1 heterocycles. The van der Waals surface area contributed by atoms with Crippen molar-refractivity contribution in [3.05, 3.63) is 115 Å². The number of hydrogen-bond acceptors (Lipinski definition) is 2. The summed E-state index contributed by atoms with van der Waals surface area (Å²) in [5, 5.41) is 2.52. The largest absolute Gasteiger partial charge is 0.494 e. The fourth-order valence-corrected chi connectivity index (χ4v) is 4.97. The molecule has 3 heteroatoms. The Morgan fingerprint density at radius 1 is 0.432 bits per heavy atom. The average Bonchev–Trinajstić information content (AvgIpc) is 3.15. The fraction of sp³-hybridized carbons (Fsp3) is 0.176. The second kappa shape index (κ2) is 9.02. The molecule has 1 fully saturated rings. The summed E-state index contributed by atoms with van der Waals surface area (Å²) in [6.45, 7) is 8.36. The van der Waals surface area contributed by atoms with Crippen molar-refractivity contribution in [1.29, 1.82) is 0 Å². The minimum absolute atomic E-state index is 0.357. The standard InChI is InChI=1S/C34H31BO2/c1-33(2)34(3,4)37-35(36-33)32-17-9-16-30(23-32)28-14-7-12-26(21-28)27-13-8-15-29(22-27)31-19-18-24-10-5-6-11-25(24)20-31/h5-23H,1-4H3. The van der Waals surface area contributed by atoms with Crippen molar-refractivity contribution in [2.45, 2.75) is 38.9 Å². The molecule has 0 aromatic heterocycles. The third-order valence-corrected chi connectivity index (χ3v) is 7.89. The summed E-state index contributed by atoms with van der Waals surface area (Å²) in [6, 6.07) is 41.2. The zero-order valence-electron chi connectivity index (χ0n) is 21.9. The molecule has 0 bridgehead atoms. The van der Waals surface area contributed by atoms with Gasteiger partial charge in [-0.15, -0.1) is 0 Å². The first-order valence-corrected chi connectivity index (χ1v) is 12.9. The van der Waals surface area contributed by atoms with Crippen LogP contribution in [0.3, 0.4) is 0 Å². The van der Waals surface area contributed by atoms with Gasteiger partial charge in [-0.2, -0.15) is 0 Å². The highest BCUT2D eigenvalue weighted by molar-refractivity contribution is 6.62. The Bertz CT molecular complexity index is 1580. The van der Waals surface area contributed by atoms with E-state index in [-0.39, 0.29) is 18.3 Å². The lowest BCUT2D eigenvalue weighted by molar-refractivity contribution is 0.00578. The van der Waals surface area contributed by atoms with E-state index in [1.165, 1.54) is 38.6 Å². The summed E-state index contributed by atoms with van der Waals surface area (Å²) in [5.74, 6) is 0. The molecule has 1 saturated heterocycles. The molecule has 0 unspecified atom stereocenters. The van der Waals surface area contributed by atoms with Gasteiger partial charge in [0.15, 0.2) is 0 Å². The van der Waals surface area contributed by atoms with Gasteiger partial charge in [-0.3, -0.25) is 0 Å². The van der Waals surface area contributed by atoms with Gasteiger partial charge in [-0.25, -0.2) is 0 Å². The smallest absolute Gasteiger partial charge is 0.399 e. The first-order valence-electron chi connectivity index (χ1n) is 12.9. The highest BCUT2D eigenvalue weighted by Crippen LogP contribution is 2.37. The molecule has 0 spiro atoms. The maximum Gasteiger partial charge on any atom is 0.494 e. The highest BCUT2D eigenvalue weighted by atomic mass is 16.7. The van der Waals surface area contributed by atoms with E-state index in [4.69, 9.17) is 9.31 Å². The van der Waals surface area contributed by atoms with Crippen LogP contribution < -0.4 is 5.46 Å². The molecule has 5 aromatic carbocycles. The molecule has 0 atom stereocenters. The maximum atomic E-state index is 6.29. The van der Waals surface area contributed by atoms with Crippen molar-refractivity contribution in [3.8, 4) is 33.4 Å². The van der Waals surface area contributed by atoms with Crippen LogP contribution in [0.15, 0.2) is 115 Å². The molecule has 1 aliphatic rings. The van der Waals surface area contributed by atoms with E-state index in [0.29, 0.717) is 0 Å². The third-order valence-electron chi connectivity index (χ3n) is 7.89. The van der Waals surface area contributed by atoms with E-state index in [1.54, 1.807) is 0 Å². The Balaban J connectivity index is 1.31. The molecule has 0 aliphatic carbocycles. The molecule has 37 heavy (non-hydrogen) atoms. The summed E-state index contributed by atoms with van der Waals surface area (Å²) in [6.07, 6.45) is 0. The van der Waals surface area contributed by atoms with Crippen molar-refractivity contribution in [3.63, 3.8) is 0 Å². The fourth-order valence-electron chi connectivity index (χ4n) is 4.97. The SMILES string of the molecule is CC1(C)OB(c2cccc(-c3cccc(-c4cccc(-c5ccc6ccccc6c5)c4)c3)c2)OC1(C)C. The summed E-state index contributed by atoms with van der Waals surface area (Å²) < 4.78 is 12.6. The molecule has 0 saturated carbocycles. The second-order valence-electron chi connectivity index (χ2n) is 10.9. The quantitative estimate of drug-likeness (QED) is 0.241. The predicted octanol–water partition coefficient (Wildman–Crippen LogP) is 8.14. The van der Waals surface area contributed by atoms with E-state index in [2.05, 4.69) is 143 Å². The van der Waals surface area contributed by atoms with E-state index < -0.39 is 0 Å². The van der Waals surface area contributed by atoms with Gasteiger partial charge in [-0.1, -0.05) is 97.1 Å². The van der Waals surface area contributed by atoms with Crippen molar-refractivity contribution >= 4 is 23.4 Å². The highest BCUT2D eigenvalue weighted by Gasteiger charge is 2.51. The van der Waals surface area contributed by atoms with Crippen LogP contribution in [0, 0.1) is 0 Å². The topological polar surface area (TPSA) is 18.5 Å². The Morgan fingerprint density at radius 3 is 1.46 bits per heavy atom. The number of benzene rings is 5. The molecule has 1 aliphatic heterocycles. The van der Waals surface area contributed by atoms with Crippen LogP contribution in [0.5, 0.6) is 0 Å². The minimum Gasteiger partial charge on any atom is -0.399 e. The van der Waals surface area contributed by atoms with Gasteiger partial charge in [0.1, 0.15) is 0 Å². The van der Waals surface area contributed by atoms with Gasteiger partial charge in [-0.05, 0) is 95.5 Å². The van der Waals surface area contributed by atoms with Crippen molar-refractivity contribution < 1.29 is 9.31 Å². The Morgan fingerprint density at radius 2 is 0.892 bits per heavy atom. The predicted molar refractivity (Wildman–Crippen MR) is 156 cm³/mol. The van der Waals surface area contributed by atoms with E-state index in [0.717, 1.165) is 11.0 Å². The Kier molecular flexibility index (Phi) is 5.79. The van der Waals surface area contributed by atoms with Crippen LogP contribution in [-0.2, 0) is 9.31 Å². The van der Waals surface area contributed by atoms with Gasteiger partial charge in [0, 0.05) is 0 Å². The van der Waals surface area contributed by atoms with Crippen LogP contribution in [0.4, 0.5) is 0 Å². The van der Waals surface area contributed by atoms with Crippen LogP contribution >= 0.6 is 0 Å².